The normalized spacial score (nSPS) is 12.9. The van der Waals surface area contributed by atoms with Gasteiger partial charge in [-0.25, -0.2) is 9.78 Å². The van der Waals surface area contributed by atoms with Crippen molar-refractivity contribution < 1.29 is 14.7 Å². The number of nitrogens with zero attached hydrogens (tertiary/aromatic N) is 5. The highest BCUT2D eigenvalue weighted by atomic mass is 16.4. The van der Waals surface area contributed by atoms with Gasteiger partial charge in [0.25, 0.3) is 5.91 Å². The van der Waals surface area contributed by atoms with Crippen molar-refractivity contribution in [2.45, 2.75) is 33.4 Å². The molecule has 176 valence electrons. The zero-order chi connectivity index (χ0) is 24.9. The van der Waals surface area contributed by atoms with Gasteiger partial charge < -0.3 is 15.4 Å². The average Bonchev–Trinajstić information content (AvgIpc) is 3.44. The lowest BCUT2D eigenvalue weighted by atomic mass is 9.95. The summed E-state index contributed by atoms with van der Waals surface area (Å²) in [7, 11) is 0. The first-order valence-corrected chi connectivity index (χ1v) is 11.2. The first-order chi connectivity index (χ1) is 16.7. The lowest BCUT2D eigenvalue weighted by molar-refractivity contribution is 0.0696. The van der Waals surface area contributed by atoms with Gasteiger partial charge in [-0.1, -0.05) is 18.2 Å². The summed E-state index contributed by atoms with van der Waals surface area (Å²) in [5.74, 6) is -0.0451. The van der Waals surface area contributed by atoms with E-state index in [0.29, 0.717) is 51.8 Å². The summed E-state index contributed by atoms with van der Waals surface area (Å²) in [6.45, 7) is 6.16. The van der Waals surface area contributed by atoms with Gasteiger partial charge in [0.15, 0.2) is 5.82 Å². The molecule has 9 heteroatoms. The number of nitrogen functional groups attached to an aromatic ring is 1. The van der Waals surface area contributed by atoms with E-state index in [1.54, 1.807) is 42.4 Å². The number of hydrogen-bond acceptors (Lipinski definition) is 6. The van der Waals surface area contributed by atoms with E-state index in [0.717, 1.165) is 5.56 Å². The molecule has 1 aliphatic rings. The van der Waals surface area contributed by atoms with Crippen LogP contribution < -0.4 is 10.6 Å². The van der Waals surface area contributed by atoms with E-state index < -0.39 is 5.97 Å². The van der Waals surface area contributed by atoms with Crippen molar-refractivity contribution >= 4 is 23.4 Å². The summed E-state index contributed by atoms with van der Waals surface area (Å²) >= 11 is 0. The number of carboxylic acid groups (broad SMARTS) is 1. The molecule has 2 aromatic heterocycles. The number of amides is 1. The molecule has 0 saturated heterocycles. The molecule has 4 aromatic rings. The number of nitrogens with two attached hydrogens (primary N) is 1. The number of hydrogen-bond donors (Lipinski definition) is 2. The van der Waals surface area contributed by atoms with Crippen LogP contribution in [0.25, 0.3) is 22.6 Å². The molecule has 1 aliphatic heterocycles. The topological polar surface area (TPSA) is 127 Å². The summed E-state index contributed by atoms with van der Waals surface area (Å²) < 4.78 is 1.93. The summed E-state index contributed by atoms with van der Waals surface area (Å²) in [5.41, 5.74) is 10.7. The Bertz CT molecular complexity index is 1490. The second-order valence-electron chi connectivity index (χ2n) is 8.86. The van der Waals surface area contributed by atoms with Gasteiger partial charge in [0, 0.05) is 22.9 Å². The molecule has 2 aromatic carbocycles. The Kier molecular flexibility index (Phi) is 5.32. The highest BCUT2D eigenvalue weighted by Crippen LogP contribution is 2.35. The third-order valence-corrected chi connectivity index (χ3v) is 6.22. The van der Waals surface area contributed by atoms with Crippen molar-refractivity contribution in [1.82, 2.24) is 19.7 Å². The molecule has 3 N–H and O–H groups in total. The van der Waals surface area contributed by atoms with Gasteiger partial charge in [-0.15, -0.1) is 10.2 Å². The number of aryl methyl sites for hydroxylation is 1. The number of benzene rings is 2. The number of rotatable bonds is 5. The summed E-state index contributed by atoms with van der Waals surface area (Å²) in [6.07, 6.45) is 1.67. The van der Waals surface area contributed by atoms with Gasteiger partial charge in [-0.2, -0.15) is 0 Å². The van der Waals surface area contributed by atoms with E-state index in [9.17, 15) is 14.7 Å². The molecule has 0 atom stereocenters. The third-order valence-electron chi connectivity index (χ3n) is 6.22. The Morgan fingerprint density at radius 2 is 1.91 bits per heavy atom. The van der Waals surface area contributed by atoms with Crippen molar-refractivity contribution in [2.75, 3.05) is 10.6 Å². The van der Waals surface area contributed by atoms with Crippen LogP contribution in [-0.2, 0) is 6.54 Å². The van der Waals surface area contributed by atoms with Crippen molar-refractivity contribution in [2.24, 2.45) is 0 Å². The molecule has 0 fully saturated rings. The largest absolute Gasteiger partial charge is 0.478 e. The monoisotopic (exact) mass is 468 g/mol. The Morgan fingerprint density at radius 3 is 2.66 bits per heavy atom. The molecule has 1 amide bonds. The molecule has 0 saturated carbocycles. The van der Waals surface area contributed by atoms with Crippen LogP contribution in [0.4, 0.5) is 11.5 Å². The Morgan fingerprint density at radius 1 is 1.11 bits per heavy atom. The molecule has 0 unspecified atom stereocenters. The molecular weight excluding hydrogens is 444 g/mol. The van der Waals surface area contributed by atoms with Crippen LogP contribution in [-0.4, -0.2) is 36.7 Å². The number of anilines is 2. The number of carboxylic acids is 1. The van der Waals surface area contributed by atoms with Crippen LogP contribution in [0.3, 0.4) is 0 Å². The van der Waals surface area contributed by atoms with Crippen molar-refractivity contribution in [3.63, 3.8) is 0 Å². The van der Waals surface area contributed by atoms with Crippen molar-refractivity contribution in [1.29, 1.82) is 0 Å². The first kappa shape index (κ1) is 22.3. The summed E-state index contributed by atoms with van der Waals surface area (Å²) in [6, 6.07) is 14.4. The minimum Gasteiger partial charge on any atom is -0.478 e. The minimum atomic E-state index is -1.02. The maximum atomic E-state index is 13.4. The number of carbonyl (C=O) groups is 2. The SMILES string of the molecule is Cc1cc(N)c(-c2ccc3c(c2)C(=O)N(c2cccc(-c4nncn4C(C)C)n2)C3)cc1C(=O)O. The number of aromatic nitrogens is 4. The second kappa shape index (κ2) is 8.35. The third kappa shape index (κ3) is 3.80. The molecule has 35 heavy (non-hydrogen) atoms. The van der Waals surface area contributed by atoms with E-state index in [1.807, 2.05) is 42.7 Å². The Balaban J connectivity index is 1.50. The number of fused-ring (bicyclic) bond motifs is 1. The maximum absolute atomic E-state index is 13.4. The quantitative estimate of drug-likeness (QED) is 0.417. The fourth-order valence-corrected chi connectivity index (χ4v) is 4.37. The van der Waals surface area contributed by atoms with Crippen molar-refractivity contribution in [3.05, 3.63) is 77.1 Å². The Hall–Kier alpha value is -4.53. The van der Waals surface area contributed by atoms with E-state index >= 15 is 0 Å². The zero-order valence-electron chi connectivity index (χ0n) is 19.6. The van der Waals surface area contributed by atoms with Crippen molar-refractivity contribution in [3.8, 4) is 22.6 Å². The van der Waals surface area contributed by atoms with Gasteiger partial charge in [0.1, 0.15) is 17.8 Å². The van der Waals surface area contributed by atoms with E-state index in [1.165, 1.54) is 0 Å². The molecule has 0 radical (unpaired) electrons. The molecular formula is C26H24N6O3. The van der Waals surface area contributed by atoms with E-state index in [-0.39, 0.29) is 17.5 Å². The molecule has 0 aliphatic carbocycles. The molecule has 5 rings (SSSR count). The van der Waals surface area contributed by atoms with E-state index in [2.05, 4.69) is 10.2 Å². The average molecular weight is 469 g/mol. The zero-order valence-corrected chi connectivity index (χ0v) is 19.6. The molecule has 0 spiro atoms. The van der Waals surface area contributed by atoms with Crippen LogP contribution in [0.2, 0.25) is 0 Å². The molecule has 9 nitrogen and oxygen atoms in total. The van der Waals surface area contributed by atoms with Crippen LogP contribution >= 0.6 is 0 Å². The van der Waals surface area contributed by atoms with Crippen LogP contribution in [0.15, 0.2) is 54.9 Å². The predicted octanol–water partition coefficient (Wildman–Crippen LogP) is 4.34. The van der Waals surface area contributed by atoms with Gasteiger partial charge in [-0.05, 0) is 67.8 Å². The summed E-state index contributed by atoms with van der Waals surface area (Å²) in [4.78, 5) is 31.3. The number of aromatic carboxylic acids is 1. The highest BCUT2D eigenvalue weighted by molar-refractivity contribution is 6.10. The number of carbonyl (C=O) groups excluding carboxylic acids is 1. The minimum absolute atomic E-state index is 0.164. The molecule has 0 bridgehead atoms. The second-order valence-corrected chi connectivity index (χ2v) is 8.86. The predicted molar refractivity (Wildman–Crippen MR) is 132 cm³/mol. The lowest BCUT2D eigenvalue weighted by Crippen LogP contribution is -2.24. The van der Waals surface area contributed by atoms with Gasteiger partial charge >= 0.3 is 5.97 Å². The smallest absolute Gasteiger partial charge is 0.335 e. The van der Waals surface area contributed by atoms with Gasteiger partial charge in [-0.3, -0.25) is 9.69 Å². The standard InChI is InChI=1S/C26H24N6O3/c1-14(2)32-13-28-30-24(32)22-5-4-6-23(29-22)31-12-17-8-7-16(10-20(17)25(31)33)19-11-18(26(34)35)15(3)9-21(19)27/h4-11,13-14H,12,27H2,1-3H3,(H,34,35). The summed E-state index contributed by atoms with van der Waals surface area (Å²) in [5, 5.41) is 17.7. The fraction of sp³-hybridized carbons (Fsp3) is 0.192. The fourth-order valence-electron chi connectivity index (χ4n) is 4.37. The molecule has 3 heterocycles. The highest BCUT2D eigenvalue weighted by Gasteiger charge is 2.30. The van der Waals surface area contributed by atoms with Crippen LogP contribution in [0.1, 0.15) is 51.7 Å². The van der Waals surface area contributed by atoms with Crippen LogP contribution in [0, 0.1) is 6.92 Å². The van der Waals surface area contributed by atoms with Crippen LogP contribution in [0.5, 0.6) is 0 Å². The first-order valence-electron chi connectivity index (χ1n) is 11.2. The van der Waals surface area contributed by atoms with Gasteiger partial charge in [0.2, 0.25) is 0 Å². The Labute approximate surface area is 201 Å². The number of pyridine rings is 1. The van der Waals surface area contributed by atoms with Gasteiger partial charge in [0.05, 0.1) is 12.1 Å². The maximum Gasteiger partial charge on any atom is 0.335 e. The lowest BCUT2D eigenvalue weighted by Gasteiger charge is -2.16. The van der Waals surface area contributed by atoms with E-state index in [4.69, 9.17) is 10.7 Å².